The third kappa shape index (κ3) is 2.47. The fourth-order valence-electron chi connectivity index (χ4n) is 2.60. The van der Waals surface area contributed by atoms with E-state index in [0.717, 1.165) is 25.8 Å². The summed E-state index contributed by atoms with van der Waals surface area (Å²) in [5.41, 5.74) is 0. The van der Waals surface area contributed by atoms with Crippen LogP contribution in [0.2, 0.25) is 0 Å². The van der Waals surface area contributed by atoms with Crippen LogP contribution in [0, 0.1) is 0 Å². The SMILES string of the molecule is CCOCCN1CCN2CCCC2C1. The predicted octanol–water partition coefficient (Wildman–Crippen LogP) is 0.803. The number of nitrogens with zero attached hydrogens (tertiary/aromatic N) is 2. The molecule has 0 bridgehead atoms. The molecule has 2 aliphatic rings. The van der Waals surface area contributed by atoms with Gasteiger partial charge in [0.1, 0.15) is 0 Å². The first-order valence-corrected chi connectivity index (χ1v) is 5.94. The lowest BCUT2D eigenvalue weighted by atomic mass is 10.1. The van der Waals surface area contributed by atoms with Gasteiger partial charge in [0.2, 0.25) is 0 Å². The van der Waals surface area contributed by atoms with Gasteiger partial charge >= 0.3 is 0 Å². The van der Waals surface area contributed by atoms with E-state index in [1.54, 1.807) is 0 Å². The molecule has 3 nitrogen and oxygen atoms in total. The third-order valence-electron chi connectivity index (χ3n) is 3.43. The molecule has 14 heavy (non-hydrogen) atoms. The van der Waals surface area contributed by atoms with Crippen molar-refractivity contribution in [3.63, 3.8) is 0 Å². The van der Waals surface area contributed by atoms with E-state index in [1.165, 1.54) is 39.0 Å². The van der Waals surface area contributed by atoms with Gasteiger partial charge in [0.15, 0.2) is 0 Å². The van der Waals surface area contributed by atoms with Crippen molar-refractivity contribution in [2.24, 2.45) is 0 Å². The molecule has 0 aromatic heterocycles. The Kier molecular flexibility index (Phi) is 3.79. The maximum absolute atomic E-state index is 5.39. The van der Waals surface area contributed by atoms with Crippen molar-refractivity contribution in [3.8, 4) is 0 Å². The highest BCUT2D eigenvalue weighted by Crippen LogP contribution is 2.20. The number of piperazine rings is 1. The third-order valence-corrected chi connectivity index (χ3v) is 3.43. The Balaban J connectivity index is 1.69. The molecule has 0 spiro atoms. The average molecular weight is 198 g/mol. The molecule has 0 aliphatic carbocycles. The van der Waals surface area contributed by atoms with Crippen LogP contribution in [0.3, 0.4) is 0 Å². The molecule has 2 heterocycles. The van der Waals surface area contributed by atoms with Crippen molar-refractivity contribution in [2.75, 3.05) is 45.9 Å². The Morgan fingerprint density at radius 1 is 1.29 bits per heavy atom. The van der Waals surface area contributed by atoms with Gasteiger partial charge in [-0.05, 0) is 26.3 Å². The summed E-state index contributed by atoms with van der Waals surface area (Å²) in [5.74, 6) is 0. The molecule has 1 unspecified atom stereocenters. The standard InChI is InChI=1S/C11H22N2O/c1-2-14-9-8-12-6-7-13-5-3-4-11(13)10-12/h11H,2-10H2,1H3. The van der Waals surface area contributed by atoms with Gasteiger partial charge in [-0.2, -0.15) is 0 Å². The summed E-state index contributed by atoms with van der Waals surface area (Å²) < 4.78 is 5.39. The van der Waals surface area contributed by atoms with Gasteiger partial charge in [-0.15, -0.1) is 0 Å². The molecule has 0 amide bonds. The molecule has 0 saturated carbocycles. The first kappa shape index (κ1) is 10.4. The molecule has 0 N–H and O–H groups in total. The first-order chi connectivity index (χ1) is 6.90. The Labute approximate surface area is 87.0 Å². The van der Waals surface area contributed by atoms with Gasteiger partial charge in [0, 0.05) is 38.8 Å². The highest BCUT2D eigenvalue weighted by atomic mass is 16.5. The van der Waals surface area contributed by atoms with Crippen molar-refractivity contribution in [1.29, 1.82) is 0 Å². The van der Waals surface area contributed by atoms with Crippen LogP contribution in [0.4, 0.5) is 0 Å². The smallest absolute Gasteiger partial charge is 0.0593 e. The zero-order valence-electron chi connectivity index (χ0n) is 9.24. The molecule has 0 radical (unpaired) electrons. The number of rotatable bonds is 4. The molecule has 0 aromatic carbocycles. The zero-order chi connectivity index (χ0) is 9.80. The Bertz CT molecular complexity index is 175. The minimum Gasteiger partial charge on any atom is -0.380 e. The summed E-state index contributed by atoms with van der Waals surface area (Å²) >= 11 is 0. The van der Waals surface area contributed by atoms with E-state index in [4.69, 9.17) is 4.74 Å². The maximum Gasteiger partial charge on any atom is 0.0593 e. The van der Waals surface area contributed by atoms with E-state index in [9.17, 15) is 0 Å². The van der Waals surface area contributed by atoms with E-state index < -0.39 is 0 Å². The van der Waals surface area contributed by atoms with Crippen LogP contribution in [0.15, 0.2) is 0 Å². The van der Waals surface area contributed by atoms with E-state index in [1.807, 2.05) is 0 Å². The highest BCUT2D eigenvalue weighted by Gasteiger charge is 2.29. The van der Waals surface area contributed by atoms with Crippen molar-refractivity contribution in [2.45, 2.75) is 25.8 Å². The van der Waals surface area contributed by atoms with Gasteiger partial charge in [0.05, 0.1) is 6.61 Å². The summed E-state index contributed by atoms with van der Waals surface area (Å²) in [7, 11) is 0. The molecule has 2 aliphatic heterocycles. The molecule has 2 rings (SSSR count). The molecule has 82 valence electrons. The van der Waals surface area contributed by atoms with Crippen molar-refractivity contribution in [3.05, 3.63) is 0 Å². The van der Waals surface area contributed by atoms with Gasteiger partial charge < -0.3 is 4.74 Å². The largest absolute Gasteiger partial charge is 0.380 e. The minimum atomic E-state index is 0.851. The Hall–Kier alpha value is -0.120. The minimum absolute atomic E-state index is 0.851. The quantitative estimate of drug-likeness (QED) is 0.622. The number of hydrogen-bond donors (Lipinski definition) is 0. The second kappa shape index (κ2) is 5.10. The second-order valence-corrected chi connectivity index (χ2v) is 4.33. The Morgan fingerprint density at radius 3 is 3.07 bits per heavy atom. The van der Waals surface area contributed by atoms with Crippen LogP contribution in [0.5, 0.6) is 0 Å². The molecule has 0 aromatic rings. The molecule has 2 saturated heterocycles. The Morgan fingerprint density at radius 2 is 2.21 bits per heavy atom. The predicted molar refractivity (Wildman–Crippen MR) is 57.5 cm³/mol. The summed E-state index contributed by atoms with van der Waals surface area (Å²) in [4.78, 5) is 5.21. The fourth-order valence-corrected chi connectivity index (χ4v) is 2.60. The summed E-state index contributed by atoms with van der Waals surface area (Å²) in [6, 6.07) is 0.852. The average Bonchev–Trinajstić information content (AvgIpc) is 2.65. The van der Waals surface area contributed by atoms with E-state index in [2.05, 4.69) is 16.7 Å². The summed E-state index contributed by atoms with van der Waals surface area (Å²) in [5, 5.41) is 0. The second-order valence-electron chi connectivity index (χ2n) is 4.33. The van der Waals surface area contributed by atoms with E-state index in [-0.39, 0.29) is 0 Å². The van der Waals surface area contributed by atoms with Gasteiger partial charge in [-0.1, -0.05) is 0 Å². The molecule has 1 atom stereocenters. The fraction of sp³-hybridized carbons (Fsp3) is 1.00. The van der Waals surface area contributed by atoms with E-state index in [0.29, 0.717) is 0 Å². The van der Waals surface area contributed by atoms with Crippen molar-refractivity contribution < 1.29 is 4.74 Å². The lowest BCUT2D eigenvalue weighted by Crippen LogP contribution is -2.50. The molecule has 2 fully saturated rings. The van der Waals surface area contributed by atoms with Crippen LogP contribution in [-0.2, 0) is 4.74 Å². The van der Waals surface area contributed by atoms with E-state index >= 15 is 0 Å². The van der Waals surface area contributed by atoms with Gasteiger partial charge in [-0.25, -0.2) is 0 Å². The van der Waals surface area contributed by atoms with Gasteiger partial charge in [0.25, 0.3) is 0 Å². The van der Waals surface area contributed by atoms with Crippen LogP contribution >= 0.6 is 0 Å². The van der Waals surface area contributed by atoms with Gasteiger partial charge in [-0.3, -0.25) is 9.80 Å². The summed E-state index contributed by atoms with van der Waals surface area (Å²) in [6.45, 7) is 10.1. The molecule has 3 heteroatoms. The first-order valence-electron chi connectivity index (χ1n) is 5.94. The van der Waals surface area contributed by atoms with Crippen molar-refractivity contribution in [1.82, 2.24) is 9.80 Å². The van der Waals surface area contributed by atoms with Crippen molar-refractivity contribution >= 4 is 0 Å². The lowest BCUT2D eigenvalue weighted by molar-refractivity contribution is 0.0659. The molecular weight excluding hydrogens is 176 g/mol. The number of ether oxygens (including phenoxy) is 1. The normalized spacial score (nSPS) is 29.4. The molecular formula is C11H22N2O. The summed E-state index contributed by atoms with van der Waals surface area (Å²) in [6.07, 6.45) is 2.81. The van der Waals surface area contributed by atoms with Crippen LogP contribution in [0.1, 0.15) is 19.8 Å². The monoisotopic (exact) mass is 198 g/mol. The van der Waals surface area contributed by atoms with Crippen LogP contribution in [0.25, 0.3) is 0 Å². The maximum atomic E-state index is 5.39. The number of fused-ring (bicyclic) bond motifs is 1. The van der Waals surface area contributed by atoms with Crippen LogP contribution < -0.4 is 0 Å². The topological polar surface area (TPSA) is 15.7 Å². The zero-order valence-corrected chi connectivity index (χ0v) is 9.24. The van der Waals surface area contributed by atoms with Crippen LogP contribution in [-0.4, -0.2) is 61.8 Å². The number of hydrogen-bond acceptors (Lipinski definition) is 3. The highest BCUT2D eigenvalue weighted by molar-refractivity contribution is 4.86. The lowest BCUT2D eigenvalue weighted by Gasteiger charge is -2.37.